The Morgan fingerprint density at radius 1 is 1.28 bits per heavy atom. The van der Waals surface area contributed by atoms with Crippen molar-refractivity contribution in [1.82, 2.24) is 0 Å². The van der Waals surface area contributed by atoms with Crippen molar-refractivity contribution in [3.8, 4) is 0 Å². The van der Waals surface area contributed by atoms with Gasteiger partial charge < -0.3 is 5.73 Å². The summed E-state index contributed by atoms with van der Waals surface area (Å²) in [6, 6.07) is 8.35. The van der Waals surface area contributed by atoms with Crippen LogP contribution in [0.5, 0.6) is 0 Å². The number of rotatable bonds is 5. The van der Waals surface area contributed by atoms with Crippen molar-refractivity contribution in [2.45, 2.75) is 44.9 Å². The average molecular weight is 266 g/mol. The van der Waals surface area contributed by atoms with Gasteiger partial charge >= 0.3 is 0 Å². The van der Waals surface area contributed by atoms with E-state index in [0.717, 1.165) is 17.5 Å². The monoisotopic (exact) mass is 265 g/mol. The minimum Gasteiger partial charge on any atom is -0.330 e. The molecule has 1 atom stereocenters. The van der Waals surface area contributed by atoms with E-state index >= 15 is 0 Å². The molecule has 0 spiro atoms. The third kappa shape index (κ3) is 2.57. The topological polar surface area (TPSA) is 26.0 Å². The zero-order chi connectivity index (χ0) is 13.2. The number of nitrogens with two attached hydrogens (primary N) is 1. The van der Waals surface area contributed by atoms with Gasteiger partial charge in [-0.3, -0.25) is 0 Å². The summed E-state index contributed by atoms with van der Waals surface area (Å²) in [4.78, 5) is 0. The van der Waals surface area contributed by atoms with Crippen LogP contribution in [0, 0.1) is 11.8 Å². The average Bonchev–Trinajstić information content (AvgIpc) is 2.26. The van der Waals surface area contributed by atoms with Gasteiger partial charge in [-0.1, -0.05) is 44.0 Å². The zero-order valence-electron chi connectivity index (χ0n) is 11.5. The first kappa shape index (κ1) is 13.9. The van der Waals surface area contributed by atoms with Crippen molar-refractivity contribution in [3.63, 3.8) is 0 Å². The second kappa shape index (κ2) is 5.63. The van der Waals surface area contributed by atoms with Gasteiger partial charge in [0.1, 0.15) is 0 Å². The van der Waals surface area contributed by atoms with Gasteiger partial charge in [-0.2, -0.15) is 0 Å². The predicted molar refractivity (Wildman–Crippen MR) is 79.0 cm³/mol. The zero-order valence-corrected chi connectivity index (χ0v) is 12.2. The van der Waals surface area contributed by atoms with E-state index in [4.69, 9.17) is 17.3 Å². The highest BCUT2D eigenvalue weighted by molar-refractivity contribution is 6.30. The second-order valence-corrected chi connectivity index (χ2v) is 6.53. The summed E-state index contributed by atoms with van der Waals surface area (Å²) in [6.07, 6.45) is 5.19. The molecule has 1 aliphatic rings. The lowest BCUT2D eigenvalue weighted by Crippen LogP contribution is -2.46. The first-order valence-electron chi connectivity index (χ1n) is 7.04. The first-order chi connectivity index (χ1) is 8.58. The van der Waals surface area contributed by atoms with Crippen LogP contribution in [0.2, 0.25) is 5.02 Å². The molecule has 2 heteroatoms. The number of hydrogen-bond acceptors (Lipinski definition) is 1. The number of halogens is 1. The van der Waals surface area contributed by atoms with E-state index in [0.29, 0.717) is 5.92 Å². The van der Waals surface area contributed by atoms with Crippen LogP contribution in [-0.4, -0.2) is 6.54 Å². The van der Waals surface area contributed by atoms with E-state index in [1.807, 2.05) is 12.1 Å². The fraction of sp³-hybridized carbons (Fsp3) is 0.625. The van der Waals surface area contributed by atoms with Crippen molar-refractivity contribution in [2.24, 2.45) is 17.6 Å². The molecule has 0 radical (unpaired) electrons. The van der Waals surface area contributed by atoms with Crippen molar-refractivity contribution >= 4 is 11.6 Å². The van der Waals surface area contributed by atoms with Crippen LogP contribution in [0.15, 0.2) is 24.3 Å². The van der Waals surface area contributed by atoms with Crippen LogP contribution >= 0.6 is 11.6 Å². The maximum absolute atomic E-state index is 6.20. The van der Waals surface area contributed by atoms with Gasteiger partial charge in [0.2, 0.25) is 0 Å². The molecule has 2 rings (SSSR count). The smallest absolute Gasteiger partial charge is 0.0406 e. The Morgan fingerprint density at radius 3 is 2.28 bits per heavy atom. The molecule has 1 saturated carbocycles. The highest BCUT2D eigenvalue weighted by atomic mass is 35.5. The third-order valence-electron chi connectivity index (χ3n) is 4.44. The van der Waals surface area contributed by atoms with Crippen molar-refractivity contribution in [3.05, 3.63) is 34.9 Å². The highest BCUT2D eigenvalue weighted by Gasteiger charge is 2.42. The summed E-state index contributed by atoms with van der Waals surface area (Å²) < 4.78 is 0. The van der Waals surface area contributed by atoms with Gasteiger partial charge in [-0.15, -0.1) is 0 Å². The molecule has 1 aliphatic carbocycles. The number of hydrogen-bond donors (Lipinski definition) is 1. The lowest BCUT2D eigenvalue weighted by atomic mass is 9.59. The Morgan fingerprint density at radius 2 is 1.89 bits per heavy atom. The Bertz CT molecular complexity index is 381. The summed E-state index contributed by atoms with van der Waals surface area (Å²) in [5, 5.41) is 0.808. The van der Waals surface area contributed by atoms with Gasteiger partial charge in [-0.05, 0) is 48.8 Å². The molecule has 1 fully saturated rings. The fourth-order valence-corrected chi connectivity index (χ4v) is 3.49. The van der Waals surface area contributed by atoms with Crippen LogP contribution in [0.25, 0.3) is 0 Å². The van der Waals surface area contributed by atoms with Gasteiger partial charge in [0.15, 0.2) is 0 Å². The fourth-order valence-electron chi connectivity index (χ4n) is 3.36. The summed E-state index contributed by atoms with van der Waals surface area (Å²) in [7, 11) is 0. The largest absolute Gasteiger partial charge is 0.330 e. The van der Waals surface area contributed by atoms with Crippen LogP contribution < -0.4 is 5.73 Å². The molecule has 0 bridgehead atoms. The van der Waals surface area contributed by atoms with Crippen LogP contribution in [-0.2, 0) is 5.41 Å². The molecule has 0 amide bonds. The maximum Gasteiger partial charge on any atom is 0.0406 e. The van der Waals surface area contributed by atoms with E-state index in [-0.39, 0.29) is 5.41 Å². The molecule has 1 aromatic carbocycles. The maximum atomic E-state index is 6.20. The Labute approximate surface area is 116 Å². The molecule has 1 aromatic rings. The lowest BCUT2D eigenvalue weighted by Gasteiger charge is -2.46. The molecule has 0 heterocycles. The molecule has 18 heavy (non-hydrogen) atoms. The molecule has 2 N–H and O–H groups in total. The molecule has 100 valence electrons. The van der Waals surface area contributed by atoms with Gasteiger partial charge in [-0.25, -0.2) is 0 Å². The summed E-state index contributed by atoms with van der Waals surface area (Å²) >= 11 is 6.01. The standard InChI is InChI=1S/C16H24ClN/c1-12(2)10-16(11-18,13-4-3-5-13)14-6-8-15(17)9-7-14/h6-9,12-13H,3-5,10-11,18H2,1-2H3. The summed E-state index contributed by atoms with van der Waals surface area (Å²) in [5.41, 5.74) is 7.75. The van der Waals surface area contributed by atoms with Crippen LogP contribution in [0.4, 0.5) is 0 Å². The highest BCUT2D eigenvalue weighted by Crippen LogP contribution is 2.47. The summed E-state index contributed by atoms with van der Waals surface area (Å²) in [5.74, 6) is 1.43. The van der Waals surface area contributed by atoms with E-state index in [1.54, 1.807) is 0 Å². The molecule has 0 saturated heterocycles. The predicted octanol–water partition coefficient (Wildman–Crippen LogP) is 4.38. The van der Waals surface area contributed by atoms with E-state index in [2.05, 4.69) is 26.0 Å². The first-order valence-corrected chi connectivity index (χ1v) is 7.42. The third-order valence-corrected chi connectivity index (χ3v) is 4.69. The Hall–Kier alpha value is -0.530. The normalized spacial score (nSPS) is 19.6. The van der Waals surface area contributed by atoms with Gasteiger partial charge in [0, 0.05) is 17.0 Å². The van der Waals surface area contributed by atoms with Crippen molar-refractivity contribution in [1.29, 1.82) is 0 Å². The van der Waals surface area contributed by atoms with Crippen LogP contribution in [0.1, 0.15) is 45.1 Å². The molecule has 1 nitrogen and oxygen atoms in total. The molecule has 0 aromatic heterocycles. The van der Waals surface area contributed by atoms with E-state index < -0.39 is 0 Å². The summed E-state index contributed by atoms with van der Waals surface area (Å²) in [6.45, 7) is 5.33. The van der Waals surface area contributed by atoms with Gasteiger partial charge in [0.25, 0.3) is 0 Å². The lowest BCUT2D eigenvalue weighted by molar-refractivity contribution is 0.142. The van der Waals surface area contributed by atoms with Crippen molar-refractivity contribution < 1.29 is 0 Å². The van der Waals surface area contributed by atoms with E-state index in [9.17, 15) is 0 Å². The minimum absolute atomic E-state index is 0.164. The minimum atomic E-state index is 0.164. The van der Waals surface area contributed by atoms with Crippen LogP contribution in [0.3, 0.4) is 0 Å². The SMILES string of the molecule is CC(C)CC(CN)(c1ccc(Cl)cc1)C1CCC1. The van der Waals surface area contributed by atoms with E-state index in [1.165, 1.54) is 31.2 Å². The second-order valence-electron chi connectivity index (χ2n) is 6.09. The van der Waals surface area contributed by atoms with Crippen molar-refractivity contribution in [2.75, 3.05) is 6.54 Å². The number of benzene rings is 1. The quantitative estimate of drug-likeness (QED) is 0.840. The molecule has 1 unspecified atom stereocenters. The molecule has 0 aliphatic heterocycles. The molecular weight excluding hydrogens is 242 g/mol. The Balaban J connectivity index is 2.35. The Kier molecular flexibility index (Phi) is 4.34. The molecular formula is C16H24ClN. The van der Waals surface area contributed by atoms with Gasteiger partial charge in [0.05, 0.1) is 0 Å².